The van der Waals surface area contributed by atoms with Gasteiger partial charge < -0.3 is 0 Å². The van der Waals surface area contributed by atoms with Gasteiger partial charge in [-0.25, -0.2) is 0 Å². The second-order valence-electron chi connectivity index (χ2n) is 5.67. The molecule has 0 aromatic heterocycles. The van der Waals surface area contributed by atoms with Gasteiger partial charge in [0, 0.05) is 12.8 Å². The zero-order chi connectivity index (χ0) is 11.7. The molecule has 0 amide bonds. The van der Waals surface area contributed by atoms with Crippen LogP contribution < -0.4 is 0 Å². The van der Waals surface area contributed by atoms with E-state index in [1.54, 1.807) is 0 Å². The summed E-state index contributed by atoms with van der Waals surface area (Å²) in [5.41, 5.74) is 1.39. The molecule has 0 saturated heterocycles. The van der Waals surface area contributed by atoms with Crippen molar-refractivity contribution >= 4 is 5.78 Å². The molecule has 0 aliphatic heterocycles. The van der Waals surface area contributed by atoms with Crippen molar-refractivity contribution in [1.29, 1.82) is 0 Å². The number of carbonyl (C=O) groups is 1. The number of hydrogen-bond donors (Lipinski definition) is 0. The van der Waals surface area contributed by atoms with Crippen LogP contribution in [0.4, 0.5) is 0 Å². The first kappa shape index (κ1) is 11.0. The molecule has 1 heteroatoms. The Hall–Kier alpha value is -1.11. The Morgan fingerprint density at radius 2 is 1.71 bits per heavy atom. The van der Waals surface area contributed by atoms with Gasteiger partial charge in [-0.1, -0.05) is 43.2 Å². The van der Waals surface area contributed by atoms with Gasteiger partial charge in [0.1, 0.15) is 5.78 Å². The van der Waals surface area contributed by atoms with Crippen LogP contribution in [0.2, 0.25) is 0 Å². The fourth-order valence-electron chi connectivity index (χ4n) is 3.86. The Morgan fingerprint density at radius 3 is 2.53 bits per heavy atom. The van der Waals surface area contributed by atoms with E-state index >= 15 is 0 Å². The first-order chi connectivity index (χ1) is 8.34. The molecule has 2 fully saturated rings. The summed E-state index contributed by atoms with van der Waals surface area (Å²) in [5, 5.41) is 0. The van der Waals surface area contributed by atoms with E-state index in [1.807, 2.05) is 0 Å². The van der Waals surface area contributed by atoms with E-state index in [1.165, 1.54) is 31.2 Å². The topological polar surface area (TPSA) is 17.1 Å². The van der Waals surface area contributed by atoms with E-state index in [-0.39, 0.29) is 0 Å². The molecule has 2 aliphatic carbocycles. The van der Waals surface area contributed by atoms with Gasteiger partial charge in [0.2, 0.25) is 0 Å². The minimum atomic E-state index is 0.488. The monoisotopic (exact) mass is 228 g/mol. The van der Waals surface area contributed by atoms with Gasteiger partial charge in [-0.05, 0) is 36.2 Å². The Bertz CT molecular complexity index is 395. The van der Waals surface area contributed by atoms with Crippen LogP contribution >= 0.6 is 0 Å². The number of Topliss-reactive ketones (excluding diaryl/α,β-unsaturated/α-hetero) is 1. The van der Waals surface area contributed by atoms with E-state index in [2.05, 4.69) is 30.3 Å². The van der Waals surface area contributed by atoms with Crippen molar-refractivity contribution in [3.05, 3.63) is 35.9 Å². The maximum absolute atomic E-state index is 11.9. The molecular formula is C16H20O. The highest BCUT2D eigenvalue weighted by Crippen LogP contribution is 2.46. The van der Waals surface area contributed by atoms with E-state index in [9.17, 15) is 4.79 Å². The number of benzene rings is 1. The number of carbonyl (C=O) groups excluding carboxylic acids is 1. The summed E-state index contributed by atoms with van der Waals surface area (Å²) in [5.74, 6) is 2.43. The third-order valence-electron chi connectivity index (χ3n) is 4.65. The van der Waals surface area contributed by atoms with Crippen molar-refractivity contribution in [2.45, 2.75) is 44.4 Å². The average molecular weight is 228 g/mol. The van der Waals surface area contributed by atoms with Crippen molar-refractivity contribution < 1.29 is 4.79 Å². The SMILES string of the molecule is O=C1CC2CCCC[C@H]2[C@H](c2ccccc2)C1. The minimum absolute atomic E-state index is 0.488. The van der Waals surface area contributed by atoms with Gasteiger partial charge in [-0.15, -0.1) is 0 Å². The Balaban J connectivity index is 1.88. The summed E-state index contributed by atoms with van der Waals surface area (Å²) in [7, 11) is 0. The van der Waals surface area contributed by atoms with E-state index in [4.69, 9.17) is 0 Å². The molecule has 1 aromatic carbocycles. The van der Waals surface area contributed by atoms with Crippen molar-refractivity contribution in [3.63, 3.8) is 0 Å². The van der Waals surface area contributed by atoms with Crippen molar-refractivity contribution in [2.75, 3.05) is 0 Å². The number of hydrogen-bond acceptors (Lipinski definition) is 1. The molecule has 3 rings (SSSR count). The van der Waals surface area contributed by atoms with E-state index < -0.39 is 0 Å². The highest BCUT2D eigenvalue weighted by Gasteiger charge is 2.38. The van der Waals surface area contributed by atoms with Crippen LogP contribution in [0.3, 0.4) is 0 Å². The highest BCUT2D eigenvalue weighted by atomic mass is 16.1. The van der Waals surface area contributed by atoms with Crippen LogP contribution in [0.25, 0.3) is 0 Å². The lowest BCUT2D eigenvalue weighted by Gasteiger charge is -2.41. The first-order valence-electron chi connectivity index (χ1n) is 6.91. The zero-order valence-corrected chi connectivity index (χ0v) is 10.3. The highest BCUT2D eigenvalue weighted by molar-refractivity contribution is 5.80. The molecule has 0 bridgehead atoms. The molecule has 0 spiro atoms. The fourth-order valence-corrected chi connectivity index (χ4v) is 3.86. The Morgan fingerprint density at radius 1 is 0.941 bits per heavy atom. The van der Waals surface area contributed by atoms with Crippen molar-refractivity contribution in [1.82, 2.24) is 0 Å². The van der Waals surface area contributed by atoms with Crippen LogP contribution in [0.15, 0.2) is 30.3 Å². The van der Waals surface area contributed by atoms with Crippen LogP contribution in [0, 0.1) is 11.8 Å². The zero-order valence-electron chi connectivity index (χ0n) is 10.3. The average Bonchev–Trinajstić information content (AvgIpc) is 2.39. The van der Waals surface area contributed by atoms with Gasteiger partial charge in [0.25, 0.3) is 0 Å². The standard InChI is InChI=1S/C16H20O/c17-14-10-13-8-4-5-9-15(13)16(11-14)12-6-2-1-3-7-12/h1-3,6-7,13,15-16H,4-5,8-11H2/t13?,15-,16+/m1/s1. The Labute approximate surface area is 103 Å². The van der Waals surface area contributed by atoms with E-state index in [0.29, 0.717) is 17.6 Å². The minimum Gasteiger partial charge on any atom is -0.300 e. The summed E-state index contributed by atoms with van der Waals surface area (Å²) in [6.07, 6.45) is 6.94. The lowest BCUT2D eigenvalue weighted by atomic mass is 9.63. The lowest BCUT2D eigenvalue weighted by Crippen LogP contribution is -2.33. The Kier molecular flexibility index (Phi) is 3.00. The summed E-state index contributed by atoms with van der Waals surface area (Å²) >= 11 is 0. The molecule has 90 valence electrons. The van der Waals surface area contributed by atoms with E-state index in [0.717, 1.165) is 18.8 Å². The molecule has 1 nitrogen and oxygen atoms in total. The third-order valence-corrected chi connectivity index (χ3v) is 4.65. The summed E-state index contributed by atoms with van der Waals surface area (Å²) in [6, 6.07) is 10.7. The molecule has 2 aliphatic rings. The predicted octanol–water partition coefficient (Wildman–Crippen LogP) is 3.94. The maximum atomic E-state index is 11.9. The van der Waals surface area contributed by atoms with Crippen molar-refractivity contribution in [3.8, 4) is 0 Å². The fraction of sp³-hybridized carbons (Fsp3) is 0.562. The molecular weight excluding hydrogens is 208 g/mol. The lowest BCUT2D eigenvalue weighted by molar-refractivity contribution is -0.124. The second-order valence-corrected chi connectivity index (χ2v) is 5.67. The predicted molar refractivity (Wildman–Crippen MR) is 68.9 cm³/mol. The maximum Gasteiger partial charge on any atom is 0.133 e. The third kappa shape index (κ3) is 2.15. The molecule has 17 heavy (non-hydrogen) atoms. The summed E-state index contributed by atoms with van der Waals surface area (Å²) in [6.45, 7) is 0. The number of rotatable bonds is 1. The van der Waals surface area contributed by atoms with Gasteiger partial charge in [-0.2, -0.15) is 0 Å². The number of fused-ring (bicyclic) bond motifs is 1. The second kappa shape index (κ2) is 4.64. The molecule has 0 N–H and O–H groups in total. The van der Waals surface area contributed by atoms with Gasteiger partial charge >= 0.3 is 0 Å². The van der Waals surface area contributed by atoms with Gasteiger partial charge in [0.15, 0.2) is 0 Å². The van der Waals surface area contributed by atoms with Crippen LogP contribution in [-0.2, 0) is 4.79 Å². The molecule has 1 unspecified atom stereocenters. The molecule has 3 atom stereocenters. The van der Waals surface area contributed by atoms with Crippen molar-refractivity contribution in [2.24, 2.45) is 11.8 Å². The van der Waals surface area contributed by atoms with Crippen LogP contribution in [0.5, 0.6) is 0 Å². The smallest absolute Gasteiger partial charge is 0.133 e. The van der Waals surface area contributed by atoms with Gasteiger partial charge in [-0.3, -0.25) is 4.79 Å². The summed E-state index contributed by atoms with van der Waals surface area (Å²) in [4.78, 5) is 11.9. The molecule has 0 radical (unpaired) electrons. The quantitative estimate of drug-likeness (QED) is 0.711. The largest absolute Gasteiger partial charge is 0.300 e. The molecule has 1 aromatic rings. The molecule has 0 heterocycles. The van der Waals surface area contributed by atoms with Crippen LogP contribution in [0.1, 0.15) is 50.0 Å². The molecule has 2 saturated carbocycles. The normalized spacial score (nSPS) is 33.2. The summed E-state index contributed by atoms with van der Waals surface area (Å²) < 4.78 is 0. The first-order valence-corrected chi connectivity index (χ1v) is 6.91. The number of ketones is 1. The van der Waals surface area contributed by atoms with Gasteiger partial charge in [0.05, 0.1) is 0 Å². The van der Waals surface area contributed by atoms with Crippen LogP contribution in [-0.4, -0.2) is 5.78 Å².